The number of fused-ring (bicyclic) bond motifs is 3. The van der Waals surface area contributed by atoms with Gasteiger partial charge in [-0.25, -0.2) is 0 Å². The van der Waals surface area contributed by atoms with Crippen molar-refractivity contribution in [2.24, 2.45) is 0 Å². The fourth-order valence-electron chi connectivity index (χ4n) is 6.59. The van der Waals surface area contributed by atoms with Crippen LogP contribution in [0.1, 0.15) is 5.56 Å². The van der Waals surface area contributed by atoms with E-state index in [1.807, 2.05) is 0 Å². The highest BCUT2D eigenvalue weighted by Crippen LogP contribution is 2.46. The summed E-state index contributed by atoms with van der Waals surface area (Å²) in [5.74, 6) is 0. The van der Waals surface area contributed by atoms with Crippen molar-refractivity contribution in [3.05, 3.63) is 181 Å². The molecule has 0 spiro atoms. The lowest BCUT2D eigenvalue weighted by atomic mass is 9.88. The first-order chi connectivity index (χ1) is 21.8. The SMILES string of the molecule is c1ccc(-c2ccccc2-c2ccc(N3Cc4ccccc4-c4cc(-c5ccccc5-c5ccccc5)ccc43)cc2)cc1. The number of nitrogens with zero attached hydrogens (tertiary/aromatic N) is 1. The van der Waals surface area contributed by atoms with Gasteiger partial charge in [-0.05, 0) is 79.9 Å². The van der Waals surface area contributed by atoms with Crippen LogP contribution in [-0.4, -0.2) is 0 Å². The fourth-order valence-corrected chi connectivity index (χ4v) is 6.59. The molecule has 0 bridgehead atoms. The van der Waals surface area contributed by atoms with Crippen molar-refractivity contribution in [3.8, 4) is 55.6 Å². The summed E-state index contributed by atoms with van der Waals surface area (Å²) in [5, 5.41) is 0. The van der Waals surface area contributed by atoms with Gasteiger partial charge in [0.15, 0.2) is 0 Å². The summed E-state index contributed by atoms with van der Waals surface area (Å²) in [5.41, 5.74) is 16.3. The Bertz CT molecular complexity index is 2080. The molecule has 44 heavy (non-hydrogen) atoms. The molecule has 0 saturated carbocycles. The Morgan fingerprint density at radius 3 is 1.32 bits per heavy atom. The summed E-state index contributed by atoms with van der Waals surface area (Å²) in [6.07, 6.45) is 0. The van der Waals surface area contributed by atoms with Crippen molar-refractivity contribution in [2.45, 2.75) is 6.54 Å². The van der Waals surface area contributed by atoms with Gasteiger partial charge in [0.05, 0.1) is 0 Å². The van der Waals surface area contributed by atoms with E-state index in [4.69, 9.17) is 0 Å². The quantitative estimate of drug-likeness (QED) is 0.202. The maximum atomic E-state index is 2.46. The zero-order chi connectivity index (χ0) is 29.3. The van der Waals surface area contributed by atoms with Crippen LogP contribution in [0.5, 0.6) is 0 Å². The molecule has 7 aromatic rings. The Balaban J connectivity index is 1.20. The zero-order valence-corrected chi connectivity index (χ0v) is 24.4. The van der Waals surface area contributed by atoms with Gasteiger partial charge in [-0.1, -0.05) is 152 Å². The summed E-state index contributed by atoms with van der Waals surface area (Å²) in [6.45, 7) is 0.836. The molecule has 0 N–H and O–H groups in total. The van der Waals surface area contributed by atoms with Crippen LogP contribution in [0.15, 0.2) is 176 Å². The smallest absolute Gasteiger partial charge is 0.0494 e. The van der Waals surface area contributed by atoms with Crippen molar-refractivity contribution in [3.63, 3.8) is 0 Å². The van der Waals surface area contributed by atoms with E-state index in [2.05, 4.69) is 181 Å². The first-order valence-electron chi connectivity index (χ1n) is 15.2. The largest absolute Gasteiger partial charge is 0.336 e. The van der Waals surface area contributed by atoms with Gasteiger partial charge in [-0.3, -0.25) is 0 Å². The summed E-state index contributed by atoms with van der Waals surface area (Å²) in [7, 11) is 0. The van der Waals surface area contributed by atoms with Gasteiger partial charge in [-0.15, -0.1) is 0 Å². The molecule has 0 fully saturated rings. The van der Waals surface area contributed by atoms with Crippen LogP contribution >= 0.6 is 0 Å². The van der Waals surface area contributed by atoms with Gasteiger partial charge in [-0.2, -0.15) is 0 Å². The maximum Gasteiger partial charge on any atom is 0.0494 e. The minimum absolute atomic E-state index is 0.836. The average Bonchev–Trinajstić information content (AvgIpc) is 3.12. The Kier molecular flexibility index (Phi) is 6.62. The summed E-state index contributed by atoms with van der Waals surface area (Å²) >= 11 is 0. The van der Waals surface area contributed by atoms with Gasteiger partial charge >= 0.3 is 0 Å². The standard InChI is InChI=1S/C43H31N/c1-3-13-31(14-4-1)37-18-9-10-20-39(37)33-23-26-36(27-24-33)44-30-35-17-7-8-22-41(35)42-29-34(25-28-43(42)44)40-21-12-11-19-38(40)32-15-5-2-6-16-32/h1-29H,30H2. The van der Waals surface area contributed by atoms with Crippen molar-refractivity contribution in [1.82, 2.24) is 0 Å². The zero-order valence-electron chi connectivity index (χ0n) is 24.4. The number of rotatable bonds is 5. The molecule has 8 rings (SSSR count). The van der Waals surface area contributed by atoms with E-state index in [0.29, 0.717) is 0 Å². The molecular weight excluding hydrogens is 530 g/mol. The molecule has 1 nitrogen and oxygen atoms in total. The number of hydrogen-bond donors (Lipinski definition) is 0. The molecule has 0 saturated heterocycles. The summed E-state index contributed by atoms with van der Waals surface area (Å²) in [6, 6.07) is 63.6. The van der Waals surface area contributed by atoms with Crippen LogP contribution in [0.3, 0.4) is 0 Å². The lowest BCUT2D eigenvalue weighted by Crippen LogP contribution is -2.21. The van der Waals surface area contributed by atoms with E-state index in [-0.39, 0.29) is 0 Å². The molecule has 0 amide bonds. The average molecular weight is 562 g/mol. The van der Waals surface area contributed by atoms with Gasteiger partial charge in [0, 0.05) is 23.5 Å². The van der Waals surface area contributed by atoms with Crippen LogP contribution in [0.4, 0.5) is 11.4 Å². The molecule has 0 unspecified atom stereocenters. The second-order valence-corrected chi connectivity index (χ2v) is 11.3. The molecule has 7 aromatic carbocycles. The van der Waals surface area contributed by atoms with Crippen LogP contribution in [0.2, 0.25) is 0 Å². The van der Waals surface area contributed by atoms with Gasteiger partial charge in [0.25, 0.3) is 0 Å². The van der Waals surface area contributed by atoms with E-state index >= 15 is 0 Å². The highest BCUT2D eigenvalue weighted by Gasteiger charge is 2.24. The highest BCUT2D eigenvalue weighted by molar-refractivity contribution is 5.93. The van der Waals surface area contributed by atoms with E-state index in [1.165, 1.54) is 72.6 Å². The molecule has 1 heterocycles. The molecule has 0 aliphatic carbocycles. The van der Waals surface area contributed by atoms with E-state index in [1.54, 1.807) is 0 Å². The lowest BCUT2D eigenvalue weighted by Gasteiger charge is -2.33. The third-order valence-corrected chi connectivity index (χ3v) is 8.75. The molecule has 0 aromatic heterocycles. The molecule has 1 heteroatoms. The molecule has 208 valence electrons. The Morgan fingerprint density at radius 2 is 0.750 bits per heavy atom. The van der Waals surface area contributed by atoms with Gasteiger partial charge < -0.3 is 4.90 Å². The normalized spacial score (nSPS) is 12.0. The maximum absolute atomic E-state index is 2.46. The number of benzene rings is 7. The Hall–Kier alpha value is -5.66. The molecular formula is C43H31N. The second kappa shape index (κ2) is 11.2. The third kappa shape index (κ3) is 4.69. The van der Waals surface area contributed by atoms with Gasteiger partial charge in [0.2, 0.25) is 0 Å². The van der Waals surface area contributed by atoms with Crippen molar-refractivity contribution in [1.29, 1.82) is 0 Å². The Morgan fingerprint density at radius 1 is 0.318 bits per heavy atom. The third-order valence-electron chi connectivity index (χ3n) is 8.75. The van der Waals surface area contributed by atoms with Crippen LogP contribution in [0.25, 0.3) is 55.6 Å². The predicted molar refractivity (Wildman–Crippen MR) is 186 cm³/mol. The van der Waals surface area contributed by atoms with E-state index in [9.17, 15) is 0 Å². The first-order valence-corrected chi connectivity index (χ1v) is 15.2. The number of hydrogen-bond acceptors (Lipinski definition) is 1. The molecule has 1 aliphatic rings. The van der Waals surface area contributed by atoms with Crippen LogP contribution in [-0.2, 0) is 6.54 Å². The van der Waals surface area contributed by atoms with Crippen LogP contribution < -0.4 is 4.90 Å². The van der Waals surface area contributed by atoms with E-state index in [0.717, 1.165) is 6.54 Å². The minimum Gasteiger partial charge on any atom is -0.336 e. The first kappa shape index (κ1) is 26.0. The fraction of sp³-hybridized carbons (Fsp3) is 0.0233. The molecule has 0 atom stereocenters. The second-order valence-electron chi connectivity index (χ2n) is 11.3. The van der Waals surface area contributed by atoms with Crippen molar-refractivity contribution < 1.29 is 0 Å². The summed E-state index contributed by atoms with van der Waals surface area (Å²) < 4.78 is 0. The topological polar surface area (TPSA) is 3.24 Å². The van der Waals surface area contributed by atoms with E-state index < -0.39 is 0 Å². The minimum atomic E-state index is 0.836. The lowest BCUT2D eigenvalue weighted by molar-refractivity contribution is 0.961. The van der Waals surface area contributed by atoms with Crippen LogP contribution in [0, 0.1) is 0 Å². The summed E-state index contributed by atoms with van der Waals surface area (Å²) in [4.78, 5) is 2.46. The molecule has 0 radical (unpaired) electrons. The van der Waals surface area contributed by atoms with Gasteiger partial charge in [0.1, 0.15) is 0 Å². The van der Waals surface area contributed by atoms with Crippen molar-refractivity contribution in [2.75, 3.05) is 4.90 Å². The monoisotopic (exact) mass is 561 g/mol. The highest BCUT2D eigenvalue weighted by atomic mass is 15.1. The van der Waals surface area contributed by atoms with Crippen molar-refractivity contribution >= 4 is 11.4 Å². The predicted octanol–water partition coefficient (Wildman–Crippen LogP) is 11.7. The Labute approximate surface area is 259 Å². The molecule has 1 aliphatic heterocycles. The number of anilines is 2.